The van der Waals surface area contributed by atoms with E-state index < -0.39 is 6.67 Å². The second kappa shape index (κ2) is 4.96. The van der Waals surface area contributed by atoms with Gasteiger partial charge in [-0.1, -0.05) is 6.07 Å². The third kappa shape index (κ3) is 2.51. The van der Waals surface area contributed by atoms with Crippen LogP contribution in [0.5, 0.6) is 11.5 Å². The minimum Gasteiger partial charge on any atom is -0.454 e. The van der Waals surface area contributed by atoms with E-state index in [4.69, 9.17) is 9.47 Å². The van der Waals surface area contributed by atoms with Crippen molar-refractivity contribution in [2.75, 3.05) is 13.5 Å². The normalized spacial score (nSPS) is 12.8. The van der Waals surface area contributed by atoms with Crippen molar-refractivity contribution in [2.24, 2.45) is 0 Å². The molecule has 0 bridgehead atoms. The Kier molecular flexibility index (Phi) is 3.39. The van der Waals surface area contributed by atoms with E-state index >= 15 is 0 Å². The molecule has 0 spiro atoms. The van der Waals surface area contributed by atoms with Gasteiger partial charge in [-0.25, -0.2) is 0 Å². The van der Waals surface area contributed by atoms with Gasteiger partial charge in [-0.3, -0.25) is 9.18 Å². The van der Waals surface area contributed by atoms with E-state index in [1.165, 1.54) is 0 Å². The van der Waals surface area contributed by atoms with Crippen LogP contribution in [0.2, 0.25) is 0 Å². The van der Waals surface area contributed by atoms with Gasteiger partial charge in [0.15, 0.2) is 11.5 Å². The number of alkyl halides is 1. The molecule has 1 aromatic rings. The Labute approximate surface area is 93.2 Å². The second-order valence-corrected chi connectivity index (χ2v) is 3.70. The molecule has 0 radical (unpaired) electrons. The fourth-order valence-corrected chi connectivity index (χ4v) is 1.63. The van der Waals surface area contributed by atoms with Crippen molar-refractivity contribution in [1.29, 1.82) is 0 Å². The maximum absolute atomic E-state index is 11.9. The van der Waals surface area contributed by atoms with Crippen LogP contribution in [0.25, 0.3) is 0 Å². The molecule has 0 amide bonds. The molecular weight excluding hydrogens is 211 g/mol. The monoisotopic (exact) mass is 224 g/mol. The van der Waals surface area contributed by atoms with Crippen LogP contribution in [-0.2, 0) is 11.2 Å². The Hall–Kier alpha value is -1.58. The average Bonchev–Trinajstić information content (AvgIpc) is 2.73. The number of halogens is 1. The van der Waals surface area contributed by atoms with E-state index in [9.17, 15) is 9.18 Å². The predicted octanol–water partition coefficient (Wildman–Crippen LogP) is 2.28. The maximum Gasteiger partial charge on any atom is 0.231 e. The number of rotatable bonds is 5. The van der Waals surface area contributed by atoms with Crippen LogP contribution in [0.4, 0.5) is 4.39 Å². The molecule has 0 aromatic heterocycles. The van der Waals surface area contributed by atoms with Gasteiger partial charge in [0.2, 0.25) is 6.79 Å². The zero-order chi connectivity index (χ0) is 11.4. The molecule has 0 fully saturated rings. The fourth-order valence-electron chi connectivity index (χ4n) is 1.63. The third-order valence-electron chi connectivity index (χ3n) is 2.43. The van der Waals surface area contributed by atoms with E-state index in [2.05, 4.69) is 0 Å². The molecule has 1 aliphatic rings. The molecule has 0 unspecified atom stereocenters. The smallest absolute Gasteiger partial charge is 0.231 e. The summed E-state index contributed by atoms with van der Waals surface area (Å²) in [4.78, 5) is 11.4. The Morgan fingerprint density at radius 2 is 2.12 bits per heavy atom. The molecule has 1 aliphatic heterocycles. The summed E-state index contributed by atoms with van der Waals surface area (Å²) < 4.78 is 22.3. The summed E-state index contributed by atoms with van der Waals surface area (Å²) in [6.07, 6.45) is 0.935. The molecule has 0 aliphatic carbocycles. The number of fused-ring (bicyclic) bond motifs is 1. The lowest BCUT2D eigenvalue weighted by Crippen LogP contribution is -2.02. The van der Waals surface area contributed by atoms with Gasteiger partial charge in [-0.15, -0.1) is 0 Å². The van der Waals surface area contributed by atoms with Gasteiger partial charge in [-0.2, -0.15) is 0 Å². The van der Waals surface area contributed by atoms with Gasteiger partial charge >= 0.3 is 0 Å². The third-order valence-corrected chi connectivity index (χ3v) is 2.43. The number of hydrogen-bond donors (Lipinski definition) is 0. The molecule has 1 heterocycles. The number of carbonyl (C=O) groups excluding carboxylic acids is 1. The second-order valence-electron chi connectivity index (χ2n) is 3.70. The standard InChI is InChI=1S/C12H13FO3/c13-5-1-2-10(14)6-9-3-4-11-12(7-9)16-8-15-11/h3-4,7H,1-2,5-6,8H2. The highest BCUT2D eigenvalue weighted by Crippen LogP contribution is 2.32. The Bertz CT molecular complexity index is 390. The van der Waals surface area contributed by atoms with Gasteiger partial charge in [-0.05, 0) is 24.1 Å². The van der Waals surface area contributed by atoms with E-state index in [0.717, 1.165) is 5.56 Å². The molecule has 2 rings (SSSR count). The first-order valence-corrected chi connectivity index (χ1v) is 5.26. The molecule has 4 heteroatoms. The zero-order valence-corrected chi connectivity index (χ0v) is 8.87. The first-order chi connectivity index (χ1) is 7.79. The van der Waals surface area contributed by atoms with Gasteiger partial charge in [0, 0.05) is 12.8 Å². The number of ketones is 1. The lowest BCUT2D eigenvalue weighted by atomic mass is 10.1. The molecule has 0 saturated heterocycles. The lowest BCUT2D eigenvalue weighted by Gasteiger charge is -2.02. The number of hydrogen-bond acceptors (Lipinski definition) is 3. The van der Waals surface area contributed by atoms with Crippen molar-refractivity contribution in [3.63, 3.8) is 0 Å². The van der Waals surface area contributed by atoms with Crippen molar-refractivity contribution in [3.8, 4) is 11.5 Å². The molecule has 0 saturated carbocycles. The first kappa shape index (κ1) is 10.9. The molecule has 3 nitrogen and oxygen atoms in total. The zero-order valence-electron chi connectivity index (χ0n) is 8.87. The summed E-state index contributed by atoms with van der Waals surface area (Å²) in [6, 6.07) is 5.43. The molecule has 16 heavy (non-hydrogen) atoms. The van der Waals surface area contributed by atoms with Crippen LogP contribution in [0, 0.1) is 0 Å². The molecule has 0 atom stereocenters. The SMILES string of the molecule is O=C(CCCF)Cc1ccc2c(c1)OCO2. The Morgan fingerprint density at radius 3 is 2.94 bits per heavy atom. The minimum absolute atomic E-state index is 0.0523. The maximum atomic E-state index is 11.9. The molecule has 0 N–H and O–H groups in total. The van der Waals surface area contributed by atoms with Crippen LogP contribution >= 0.6 is 0 Å². The molecule has 86 valence electrons. The number of benzene rings is 1. The predicted molar refractivity (Wildman–Crippen MR) is 56.5 cm³/mol. The highest BCUT2D eigenvalue weighted by atomic mass is 19.1. The van der Waals surface area contributed by atoms with Crippen LogP contribution in [0.1, 0.15) is 18.4 Å². The van der Waals surface area contributed by atoms with Crippen LogP contribution in [-0.4, -0.2) is 19.3 Å². The average molecular weight is 224 g/mol. The lowest BCUT2D eigenvalue weighted by molar-refractivity contribution is -0.118. The van der Waals surface area contributed by atoms with Gasteiger partial charge in [0.25, 0.3) is 0 Å². The summed E-state index contributed by atoms with van der Waals surface area (Å²) >= 11 is 0. The first-order valence-electron chi connectivity index (χ1n) is 5.26. The van der Waals surface area contributed by atoms with Gasteiger partial charge in [0.1, 0.15) is 5.78 Å². The summed E-state index contributed by atoms with van der Waals surface area (Å²) in [5, 5.41) is 0. The number of ether oxygens (including phenoxy) is 2. The van der Waals surface area contributed by atoms with Crippen LogP contribution < -0.4 is 9.47 Å². The Morgan fingerprint density at radius 1 is 1.31 bits per heavy atom. The summed E-state index contributed by atoms with van der Waals surface area (Å²) in [7, 11) is 0. The molecule has 1 aromatic carbocycles. The topological polar surface area (TPSA) is 35.5 Å². The van der Waals surface area contributed by atoms with Crippen molar-refractivity contribution in [1.82, 2.24) is 0 Å². The Balaban J connectivity index is 1.97. The van der Waals surface area contributed by atoms with E-state index in [-0.39, 0.29) is 12.6 Å². The van der Waals surface area contributed by atoms with E-state index in [1.54, 1.807) is 12.1 Å². The minimum atomic E-state index is -0.438. The van der Waals surface area contributed by atoms with Crippen molar-refractivity contribution in [3.05, 3.63) is 23.8 Å². The fraction of sp³-hybridized carbons (Fsp3) is 0.417. The highest BCUT2D eigenvalue weighted by molar-refractivity contribution is 5.81. The summed E-state index contributed by atoms with van der Waals surface area (Å²) in [6.45, 7) is -0.207. The largest absolute Gasteiger partial charge is 0.454 e. The highest BCUT2D eigenvalue weighted by Gasteiger charge is 2.14. The van der Waals surface area contributed by atoms with Gasteiger partial charge in [0.05, 0.1) is 6.67 Å². The number of Topliss-reactive ketones (excluding diaryl/α,β-unsaturated/α-hetero) is 1. The van der Waals surface area contributed by atoms with Crippen molar-refractivity contribution in [2.45, 2.75) is 19.3 Å². The van der Waals surface area contributed by atoms with Crippen LogP contribution in [0.3, 0.4) is 0 Å². The quantitative estimate of drug-likeness (QED) is 0.769. The summed E-state index contributed by atoms with van der Waals surface area (Å²) in [5.41, 5.74) is 0.883. The van der Waals surface area contributed by atoms with E-state index in [1.807, 2.05) is 6.07 Å². The van der Waals surface area contributed by atoms with Gasteiger partial charge < -0.3 is 9.47 Å². The van der Waals surface area contributed by atoms with Crippen molar-refractivity contribution >= 4 is 5.78 Å². The summed E-state index contributed by atoms with van der Waals surface area (Å²) in [5.74, 6) is 1.44. The van der Waals surface area contributed by atoms with E-state index in [0.29, 0.717) is 30.8 Å². The molecular formula is C12H13FO3. The number of carbonyl (C=O) groups is 1. The van der Waals surface area contributed by atoms with Crippen molar-refractivity contribution < 1.29 is 18.7 Å². The van der Waals surface area contributed by atoms with Crippen LogP contribution in [0.15, 0.2) is 18.2 Å².